The standard InChI is InChI=1S/C22H18BrClN4O3/c1-30-19-10-14(8-15(23)20(19)31-11-13-4-2-3-5-16(13)24)21-26-17-7-6-12(22(29)28-25)9-18(17)27-21/h2-10H,11,25H2,1H3,(H,26,27)(H,28,29). The van der Waals surface area contributed by atoms with Gasteiger partial charge in [0.2, 0.25) is 0 Å². The number of aromatic nitrogens is 2. The van der Waals surface area contributed by atoms with E-state index in [1.54, 1.807) is 25.3 Å². The number of imidazole rings is 1. The second-order valence-corrected chi connectivity index (χ2v) is 7.92. The topological polar surface area (TPSA) is 102 Å². The van der Waals surface area contributed by atoms with E-state index in [1.165, 1.54) is 0 Å². The Morgan fingerprint density at radius 1 is 1.23 bits per heavy atom. The summed E-state index contributed by atoms with van der Waals surface area (Å²) >= 11 is 9.79. The molecular weight excluding hydrogens is 484 g/mol. The third-order valence-corrected chi connectivity index (χ3v) is 5.67. The predicted molar refractivity (Wildman–Crippen MR) is 123 cm³/mol. The summed E-state index contributed by atoms with van der Waals surface area (Å²) in [7, 11) is 1.57. The average molecular weight is 502 g/mol. The van der Waals surface area contributed by atoms with Gasteiger partial charge in [0.25, 0.3) is 5.91 Å². The number of benzene rings is 3. The summed E-state index contributed by atoms with van der Waals surface area (Å²) in [6.07, 6.45) is 0. The van der Waals surface area contributed by atoms with Gasteiger partial charge in [-0.2, -0.15) is 0 Å². The molecule has 0 radical (unpaired) electrons. The Kier molecular flexibility index (Phi) is 6.13. The Labute approximate surface area is 191 Å². The number of H-pyrrole nitrogens is 1. The summed E-state index contributed by atoms with van der Waals surface area (Å²) in [5.41, 5.74) is 5.65. The van der Waals surface area contributed by atoms with Crippen LogP contribution in [0.5, 0.6) is 11.5 Å². The van der Waals surface area contributed by atoms with Crippen molar-refractivity contribution in [2.45, 2.75) is 6.61 Å². The second-order valence-electron chi connectivity index (χ2n) is 6.66. The Morgan fingerprint density at radius 2 is 2.03 bits per heavy atom. The van der Waals surface area contributed by atoms with Crippen molar-refractivity contribution in [3.63, 3.8) is 0 Å². The first-order valence-corrected chi connectivity index (χ1v) is 10.4. The van der Waals surface area contributed by atoms with Crippen LogP contribution in [0.25, 0.3) is 22.4 Å². The fourth-order valence-electron chi connectivity index (χ4n) is 3.13. The number of nitrogens with one attached hydrogen (secondary N) is 2. The molecular formula is C22H18BrClN4O3. The van der Waals surface area contributed by atoms with Crippen LogP contribution < -0.4 is 20.7 Å². The predicted octanol–water partition coefficient (Wildman–Crippen LogP) is 4.84. The van der Waals surface area contributed by atoms with Crippen LogP contribution in [0.1, 0.15) is 15.9 Å². The zero-order valence-electron chi connectivity index (χ0n) is 16.4. The molecule has 9 heteroatoms. The molecule has 4 rings (SSSR count). The molecule has 158 valence electrons. The van der Waals surface area contributed by atoms with Crippen LogP contribution in [-0.4, -0.2) is 23.0 Å². The second kappa shape index (κ2) is 8.97. The lowest BCUT2D eigenvalue weighted by Crippen LogP contribution is -2.29. The van der Waals surface area contributed by atoms with Gasteiger partial charge < -0.3 is 14.5 Å². The molecule has 0 saturated carbocycles. The van der Waals surface area contributed by atoms with Crippen LogP contribution >= 0.6 is 27.5 Å². The highest BCUT2D eigenvalue weighted by Crippen LogP contribution is 2.40. The minimum Gasteiger partial charge on any atom is -0.493 e. The molecule has 4 aromatic rings. The first-order chi connectivity index (χ1) is 15.0. The molecule has 1 amide bonds. The number of carbonyl (C=O) groups is 1. The molecule has 3 aromatic carbocycles. The number of hydrogen-bond acceptors (Lipinski definition) is 5. The van der Waals surface area contributed by atoms with E-state index in [4.69, 9.17) is 26.9 Å². The molecule has 0 aliphatic heterocycles. The van der Waals surface area contributed by atoms with Gasteiger partial charge in [-0.1, -0.05) is 29.8 Å². The van der Waals surface area contributed by atoms with Gasteiger partial charge in [-0.25, -0.2) is 10.8 Å². The maximum Gasteiger partial charge on any atom is 0.265 e. The van der Waals surface area contributed by atoms with E-state index >= 15 is 0 Å². The fourth-order valence-corrected chi connectivity index (χ4v) is 3.88. The lowest BCUT2D eigenvalue weighted by Gasteiger charge is -2.14. The molecule has 31 heavy (non-hydrogen) atoms. The Balaban J connectivity index is 1.66. The number of methoxy groups -OCH3 is 1. The van der Waals surface area contributed by atoms with E-state index in [9.17, 15) is 4.79 Å². The summed E-state index contributed by atoms with van der Waals surface area (Å²) in [6, 6.07) is 16.3. The van der Waals surface area contributed by atoms with Crippen LogP contribution in [0.3, 0.4) is 0 Å². The summed E-state index contributed by atoms with van der Waals surface area (Å²) in [6.45, 7) is 0.296. The summed E-state index contributed by atoms with van der Waals surface area (Å²) in [4.78, 5) is 19.6. The van der Waals surface area contributed by atoms with Gasteiger partial charge in [-0.15, -0.1) is 0 Å². The number of nitrogens with two attached hydrogens (primary N) is 1. The van der Waals surface area contributed by atoms with Crippen LogP contribution in [0, 0.1) is 0 Å². The monoisotopic (exact) mass is 500 g/mol. The van der Waals surface area contributed by atoms with Gasteiger partial charge in [-0.05, 0) is 52.3 Å². The summed E-state index contributed by atoms with van der Waals surface area (Å²) < 4.78 is 12.2. The minimum absolute atomic E-state index is 0.296. The Bertz CT molecular complexity index is 1280. The van der Waals surface area contributed by atoms with Crippen LogP contribution in [-0.2, 0) is 6.61 Å². The number of nitrogen functional groups attached to an aromatic ring is 1. The number of aromatic amines is 1. The van der Waals surface area contributed by atoms with Crippen LogP contribution in [0.2, 0.25) is 5.02 Å². The number of rotatable bonds is 6. The lowest BCUT2D eigenvalue weighted by molar-refractivity contribution is 0.0954. The third-order valence-electron chi connectivity index (χ3n) is 4.71. The zero-order valence-corrected chi connectivity index (χ0v) is 18.8. The minimum atomic E-state index is -0.373. The van der Waals surface area contributed by atoms with Gasteiger partial charge in [0.1, 0.15) is 12.4 Å². The normalized spacial score (nSPS) is 10.8. The number of halogens is 2. The SMILES string of the molecule is COc1cc(-c2nc3ccc(C(=O)NN)cc3[nH]2)cc(Br)c1OCc1ccccc1Cl. The maximum absolute atomic E-state index is 11.8. The smallest absolute Gasteiger partial charge is 0.265 e. The van der Waals surface area contributed by atoms with Gasteiger partial charge >= 0.3 is 0 Å². The van der Waals surface area contributed by atoms with Crippen molar-refractivity contribution in [3.8, 4) is 22.9 Å². The Hall–Kier alpha value is -3.07. The summed E-state index contributed by atoms with van der Waals surface area (Å²) in [5.74, 6) is 6.56. The van der Waals surface area contributed by atoms with Crippen molar-refractivity contribution >= 4 is 44.5 Å². The first kappa shape index (κ1) is 21.2. The number of fused-ring (bicyclic) bond motifs is 1. The number of hydrazine groups is 1. The van der Waals surface area contributed by atoms with Crippen molar-refractivity contribution in [2.75, 3.05) is 7.11 Å². The van der Waals surface area contributed by atoms with Gasteiger partial charge in [0.05, 0.1) is 22.6 Å². The van der Waals surface area contributed by atoms with Crippen LogP contribution in [0.15, 0.2) is 59.1 Å². The van der Waals surface area contributed by atoms with E-state index in [2.05, 4.69) is 31.3 Å². The van der Waals surface area contributed by atoms with Gasteiger partial charge in [0, 0.05) is 21.7 Å². The number of nitrogens with zero attached hydrogens (tertiary/aromatic N) is 1. The highest BCUT2D eigenvalue weighted by atomic mass is 79.9. The van der Waals surface area contributed by atoms with Crippen LogP contribution in [0.4, 0.5) is 0 Å². The highest BCUT2D eigenvalue weighted by molar-refractivity contribution is 9.10. The van der Waals surface area contributed by atoms with E-state index in [0.29, 0.717) is 44.5 Å². The van der Waals surface area contributed by atoms with E-state index in [0.717, 1.165) is 16.6 Å². The molecule has 1 aromatic heterocycles. The molecule has 0 fully saturated rings. The molecule has 0 saturated heterocycles. The summed E-state index contributed by atoms with van der Waals surface area (Å²) in [5, 5.41) is 0.638. The third kappa shape index (κ3) is 4.36. The molecule has 0 aliphatic carbocycles. The van der Waals surface area contributed by atoms with Gasteiger partial charge in [-0.3, -0.25) is 10.2 Å². The largest absolute Gasteiger partial charge is 0.493 e. The molecule has 7 nitrogen and oxygen atoms in total. The maximum atomic E-state index is 11.8. The molecule has 0 spiro atoms. The average Bonchev–Trinajstić information content (AvgIpc) is 3.21. The molecule has 0 atom stereocenters. The number of ether oxygens (including phenoxy) is 2. The molecule has 0 unspecified atom stereocenters. The molecule has 0 bridgehead atoms. The van der Waals surface area contributed by atoms with Crippen molar-refractivity contribution < 1.29 is 14.3 Å². The van der Waals surface area contributed by atoms with Crippen molar-refractivity contribution in [1.82, 2.24) is 15.4 Å². The number of amides is 1. The van der Waals surface area contributed by atoms with E-state index in [-0.39, 0.29) is 5.91 Å². The van der Waals surface area contributed by atoms with Crippen molar-refractivity contribution in [2.24, 2.45) is 5.84 Å². The quantitative estimate of drug-likeness (QED) is 0.199. The highest BCUT2D eigenvalue weighted by Gasteiger charge is 2.16. The number of carbonyl (C=O) groups excluding carboxylic acids is 1. The lowest BCUT2D eigenvalue weighted by atomic mass is 10.2. The van der Waals surface area contributed by atoms with E-state index < -0.39 is 0 Å². The molecule has 4 N–H and O–H groups in total. The number of hydrogen-bond donors (Lipinski definition) is 3. The molecule has 1 heterocycles. The van der Waals surface area contributed by atoms with E-state index in [1.807, 2.05) is 36.4 Å². The van der Waals surface area contributed by atoms with Gasteiger partial charge in [0.15, 0.2) is 11.5 Å². The van der Waals surface area contributed by atoms with Crippen molar-refractivity contribution in [1.29, 1.82) is 0 Å². The molecule has 0 aliphatic rings. The fraction of sp³-hybridized carbons (Fsp3) is 0.0909. The Morgan fingerprint density at radius 3 is 2.77 bits per heavy atom. The van der Waals surface area contributed by atoms with Crippen molar-refractivity contribution in [3.05, 3.63) is 75.2 Å². The zero-order chi connectivity index (χ0) is 22.0. The first-order valence-electron chi connectivity index (χ1n) is 9.25.